The van der Waals surface area contributed by atoms with Crippen LogP contribution in [0.1, 0.15) is 52.5 Å². The summed E-state index contributed by atoms with van der Waals surface area (Å²) in [6.45, 7) is 8.11. The highest BCUT2D eigenvalue weighted by molar-refractivity contribution is 6.09. The number of aliphatic hydroxyl groups is 1. The van der Waals surface area contributed by atoms with Crippen LogP contribution in [-0.4, -0.2) is 53.4 Å². The smallest absolute Gasteiger partial charge is 0.235 e. The fourth-order valence-corrected chi connectivity index (χ4v) is 7.66. The maximum absolute atomic E-state index is 14.4. The molecule has 0 aromatic heterocycles. The van der Waals surface area contributed by atoms with Crippen LogP contribution in [0.25, 0.3) is 0 Å². The van der Waals surface area contributed by atoms with Crippen LogP contribution in [0.5, 0.6) is 0 Å². The standard InChI is InChI=1S/C29H39NO5/c1-17-10-9-13-20-25-28(4,35-25)18(2)24-21(14-19-11-7-6-8-12-19)30-26(32)29(20,24)22(31)15-23(34-5)27(3,33)16-17/h6-9,11-13,17-18,20-21,23-25,33H,10,14-16H2,1-5H3,(H,30,32)/t17-,18-,20-,21-,23+,24-,25-,27-,28+,29+/m1/s1. The Morgan fingerprint density at radius 2 is 1.89 bits per heavy atom. The van der Waals surface area contributed by atoms with Crippen LogP contribution in [0.3, 0.4) is 0 Å². The van der Waals surface area contributed by atoms with Gasteiger partial charge in [0.05, 0.1) is 23.4 Å². The number of Topliss-reactive ketones (excluding diaryl/α,β-unsaturated/α-hetero) is 1. The van der Waals surface area contributed by atoms with Gasteiger partial charge < -0.3 is 19.9 Å². The minimum Gasteiger partial charge on any atom is -0.387 e. The molecule has 3 fully saturated rings. The fourth-order valence-electron chi connectivity index (χ4n) is 7.66. The van der Waals surface area contributed by atoms with Crippen molar-refractivity contribution in [1.29, 1.82) is 0 Å². The number of rotatable bonds is 3. The van der Waals surface area contributed by atoms with Crippen LogP contribution >= 0.6 is 0 Å². The number of carbonyl (C=O) groups is 2. The van der Waals surface area contributed by atoms with E-state index in [1.807, 2.05) is 18.2 Å². The number of epoxide rings is 1. The molecule has 35 heavy (non-hydrogen) atoms. The van der Waals surface area contributed by atoms with E-state index < -0.39 is 17.1 Å². The van der Waals surface area contributed by atoms with Crippen molar-refractivity contribution in [2.75, 3.05) is 7.11 Å². The minimum absolute atomic E-state index is 0.00130. The Bertz CT molecular complexity index is 1020. The van der Waals surface area contributed by atoms with Crippen molar-refractivity contribution >= 4 is 11.7 Å². The lowest BCUT2D eigenvalue weighted by Gasteiger charge is -2.46. The van der Waals surface area contributed by atoms with E-state index in [-0.39, 0.29) is 59.5 Å². The third-order valence-electron chi connectivity index (χ3n) is 9.59. The Morgan fingerprint density at radius 3 is 2.57 bits per heavy atom. The van der Waals surface area contributed by atoms with Crippen LogP contribution in [0.2, 0.25) is 0 Å². The van der Waals surface area contributed by atoms with Crippen LogP contribution in [0, 0.1) is 29.1 Å². The first kappa shape index (κ1) is 24.7. The summed E-state index contributed by atoms with van der Waals surface area (Å²) in [6, 6.07) is 9.95. The summed E-state index contributed by atoms with van der Waals surface area (Å²) in [5, 5.41) is 14.6. The molecule has 1 saturated carbocycles. The summed E-state index contributed by atoms with van der Waals surface area (Å²) in [7, 11) is 1.54. The van der Waals surface area contributed by atoms with Gasteiger partial charge in [-0.1, -0.05) is 56.3 Å². The van der Waals surface area contributed by atoms with Crippen molar-refractivity contribution in [3.05, 3.63) is 48.0 Å². The number of amides is 1. The van der Waals surface area contributed by atoms with Gasteiger partial charge in [-0.2, -0.15) is 0 Å². The van der Waals surface area contributed by atoms with E-state index in [1.54, 1.807) is 14.0 Å². The topological polar surface area (TPSA) is 88.2 Å². The van der Waals surface area contributed by atoms with Gasteiger partial charge in [-0.05, 0) is 50.5 Å². The van der Waals surface area contributed by atoms with Gasteiger partial charge in [0.15, 0.2) is 5.78 Å². The average Bonchev–Trinajstić information content (AvgIpc) is 3.42. The molecule has 0 bridgehead atoms. The molecule has 2 saturated heterocycles. The molecule has 2 heterocycles. The van der Waals surface area contributed by atoms with Crippen molar-refractivity contribution in [3.63, 3.8) is 0 Å². The van der Waals surface area contributed by atoms with Gasteiger partial charge in [0.2, 0.25) is 5.91 Å². The minimum atomic E-state index is -1.24. The second kappa shape index (κ2) is 8.53. The zero-order valence-corrected chi connectivity index (χ0v) is 21.5. The molecule has 1 spiro atoms. The second-order valence-electron chi connectivity index (χ2n) is 11.9. The van der Waals surface area contributed by atoms with Gasteiger partial charge in [-0.15, -0.1) is 0 Å². The van der Waals surface area contributed by atoms with Gasteiger partial charge in [0, 0.05) is 31.4 Å². The molecule has 6 nitrogen and oxygen atoms in total. The van der Waals surface area contributed by atoms with Crippen molar-refractivity contribution in [2.24, 2.45) is 29.1 Å². The van der Waals surface area contributed by atoms with Crippen LogP contribution in [0.15, 0.2) is 42.5 Å². The molecule has 1 amide bonds. The van der Waals surface area contributed by atoms with E-state index in [9.17, 15) is 14.7 Å². The Labute approximate surface area is 208 Å². The quantitative estimate of drug-likeness (QED) is 0.392. The molecule has 10 atom stereocenters. The third-order valence-corrected chi connectivity index (χ3v) is 9.59. The number of fused-ring (bicyclic) bond motifs is 2. The maximum atomic E-state index is 14.4. The van der Waals surface area contributed by atoms with E-state index in [0.29, 0.717) is 12.8 Å². The van der Waals surface area contributed by atoms with Gasteiger partial charge >= 0.3 is 0 Å². The maximum Gasteiger partial charge on any atom is 0.235 e. The largest absolute Gasteiger partial charge is 0.387 e. The number of hydrogen-bond donors (Lipinski definition) is 2. The molecule has 190 valence electrons. The number of ketones is 1. The number of allylic oxidation sites excluding steroid dienone is 1. The fraction of sp³-hybridized carbons (Fsp3) is 0.655. The summed E-state index contributed by atoms with van der Waals surface area (Å²) in [5.74, 6) is -0.683. The molecular formula is C29H39NO5. The zero-order chi connectivity index (χ0) is 25.2. The Hall–Kier alpha value is -2.02. The number of ether oxygens (including phenoxy) is 2. The van der Waals surface area contributed by atoms with E-state index in [0.717, 1.165) is 12.0 Å². The number of nitrogens with one attached hydrogen (secondary N) is 1. The predicted molar refractivity (Wildman–Crippen MR) is 133 cm³/mol. The molecule has 4 aliphatic rings. The van der Waals surface area contributed by atoms with Crippen molar-refractivity contribution < 1.29 is 24.2 Å². The first-order valence-corrected chi connectivity index (χ1v) is 13.0. The Balaban J connectivity index is 1.62. The molecule has 6 heteroatoms. The molecule has 1 aromatic rings. The summed E-state index contributed by atoms with van der Waals surface area (Å²) in [6.07, 6.45) is 5.25. The highest BCUT2D eigenvalue weighted by Gasteiger charge is 2.78. The van der Waals surface area contributed by atoms with Gasteiger partial charge in [0.25, 0.3) is 0 Å². The molecule has 5 rings (SSSR count). The lowest BCUT2D eigenvalue weighted by molar-refractivity contribution is -0.155. The highest BCUT2D eigenvalue weighted by Crippen LogP contribution is 2.66. The van der Waals surface area contributed by atoms with Crippen molar-refractivity contribution in [1.82, 2.24) is 5.32 Å². The van der Waals surface area contributed by atoms with E-state index in [2.05, 4.69) is 50.4 Å². The Morgan fingerprint density at radius 1 is 1.17 bits per heavy atom. The molecule has 2 aliphatic carbocycles. The number of methoxy groups -OCH3 is 1. The summed E-state index contributed by atoms with van der Waals surface area (Å²) >= 11 is 0. The summed E-state index contributed by atoms with van der Waals surface area (Å²) < 4.78 is 12.0. The van der Waals surface area contributed by atoms with Crippen molar-refractivity contribution in [3.8, 4) is 0 Å². The van der Waals surface area contributed by atoms with E-state index in [4.69, 9.17) is 9.47 Å². The monoisotopic (exact) mass is 481 g/mol. The predicted octanol–water partition coefficient (Wildman–Crippen LogP) is 3.46. The molecule has 2 N–H and O–H groups in total. The third kappa shape index (κ3) is 3.71. The van der Waals surface area contributed by atoms with E-state index in [1.165, 1.54) is 0 Å². The molecule has 1 aromatic carbocycles. The van der Waals surface area contributed by atoms with Crippen LogP contribution in [-0.2, 0) is 25.5 Å². The highest BCUT2D eigenvalue weighted by atomic mass is 16.6. The SMILES string of the molecule is CO[C@H]1CC(=O)[C@]23C(=O)N[C@H](Cc4ccccc4)[C@H]2[C@@H](C)[C@]2(C)O[C@@H]2[C@H]3C=CC[C@@H](C)C[C@@]1(C)O. The Kier molecular flexibility index (Phi) is 6.01. The average molecular weight is 482 g/mol. The number of hydrogen-bond acceptors (Lipinski definition) is 5. The molecule has 0 unspecified atom stereocenters. The number of carbonyl (C=O) groups excluding carboxylic acids is 2. The molecule has 2 aliphatic heterocycles. The van der Waals surface area contributed by atoms with Crippen LogP contribution < -0.4 is 5.32 Å². The van der Waals surface area contributed by atoms with Gasteiger partial charge in [0.1, 0.15) is 5.41 Å². The summed E-state index contributed by atoms with van der Waals surface area (Å²) in [5.41, 5.74) is -1.64. The lowest BCUT2D eigenvalue weighted by atomic mass is 9.51. The first-order chi connectivity index (χ1) is 16.6. The molecule has 0 radical (unpaired) electrons. The lowest BCUT2D eigenvalue weighted by Crippen LogP contribution is -2.59. The van der Waals surface area contributed by atoms with Crippen LogP contribution in [0.4, 0.5) is 0 Å². The van der Waals surface area contributed by atoms with Crippen molar-refractivity contribution in [2.45, 2.75) is 82.8 Å². The number of benzene rings is 1. The normalized spacial score (nSPS) is 47.2. The van der Waals surface area contributed by atoms with Gasteiger partial charge in [-0.25, -0.2) is 0 Å². The van der Waals surface area contributed by atoms with E-state index >= 15 is 0 Å². The second-order valence-corrected chi connectivity index (χ2v) is 11.9. The summed E-state index contributed by atoms with van der Waals surface area (Å²) in [4.78, 5) is 28.4. The zero-order valence-electron chi connectivity index (χ0n) is 21.5. The molecular weight excluding hydrogens is 442 g/mol. The van der Waals surface area contributed by atoms with Gasteiger partial charge in [-0.3, -0.25) is 9.59 Å². The first-order valence-electron chi connectivity index (χ1n) is 13.0.